The summed E-state index contributed by atoms with van der Waals surface area (Å²) in [4.78, 5) is 13.5. The predicted octanol–water partition coefficient (Wildman–Crippen LogP) is 2.07. The zero-order valence-electron chi connectivity index (χ0n) is 6.68. The number of hydrogen-bond donors (Lipinski definition) is 0. The highest BCUT2D eigenvalue weighted by atomic mass is 19.4. The second-order valence-electron chi connectivity index (χ2n) is 2.30. The van der Waals surface area contributed by atoms with Crippen LogP contribution in [0.1, 0.15) is 29.1 Å². The molecular weight excluding hydrogens is 187 g/mol. The number of aldehydes is 1. The van der Waals surface area contributed by atoms with E-state index in [-0.39, 0.29) is 18.4 Å². The van der Waals surface area contributed by atoms with Gasteiger partial charge in [-0.3, -0.25) is 4.79 Å². The molecule has 6 heteroatoms. The molecule has 1 heterocycles. The molecule has 1 aromatic rings. The third-order valence-electron chi connectivity index (χ3n) is 1.41. The minimum absolute atomic E-state index is 0.0756. The van der Waals surface area contributed by atoms with Crippen molar-refractivity contribution in [1.29, 1.82) is 0 Å². The van der Waals surface area contributed by atoms with E-state index in [0.717, 1.165) is 0 Å². The van der Waals surface area contributed by atoms with Crippen LogP contribution in [0.4, 0.5) is 13.2 Å². The number of aromatic nitrogens is 1. The fourth-order valence-electron chi connectivity index (χ4n) is 0.882. The highest BCUT2D eigenvalue weighted by molar-refractivity contribution is 5.67. The van der Waals surface area contributed by atoms with Crippen LogP contribution < -0.4 is 0 Å². The number of carbonyl (C=O) groups excluding carboxylic acids is 1. The first kappa shape index (κ1) is 9.76. The number of oxazole rings is 1. The number of nitrogens with zero attached hydrogens (tertiary/aromatic N) is 1. The number of halogens is 3. The quantitative estimate of drug-likeness (QED) is 0.675. The normalized spacial score (nSPS) is 11.7. The molecule has 0 bridgehead atoms. The Morgan fingerprint density at radius 2 is 2.15 bits per heavy atom. The maximum atomic E-state index is 12.1. The van der Waals surface area contributed by atoms with Crippen LogP contribution >= 0.6 is 0 Å². The van der Waals surface area contributed by atoms with Crippen molar-refractivity contribution in [3.05, 3.63) is 17.3 Å². The topological polar surface area (TPSA) is 43.1 Å². The average molecular weight is 193 g/mol. The summed E-state index contributed by atoms with van der Waals surface area (Å²) < 4.78 is 40.6. The van der Waals surface area contributed by atoms with Gasteiger partial charge in [-0.2, -0.15) is 13.2 Å². The Hall–Kier alpha value is -1.33. The molecule has 0 aliphatic carbocycles. The Bertz CT molecular complexity index is 316. The Morgan fingerprint density at radius 1 is 1.54 bits per heavy atom. The molecule has 0 radical (unpaired) electrons. The van der Waals surface area contributed by atoms with Crippen molar-refractivity contribution in [3.8, 4) is 0 Å². The highest BCUT2D eigenvalue weighted by Crippen LogP contribution is 2.32. The molecule has 3 nitrogen and oxygen atoms in total. The van der Waals surface area contributed by atoms with Crippen molar-refractivity contribution in [2.75, 3.05) is 0 Å². The lowest BCUT2D eigenvalue weighted by atomic mass is 10.3. The predicted molar refractivity (Wildman–Crippen MR) is 36.3 cm³/mol. The van der Waals surface area contributed by atoms with E-state index >= 15 is 0 Å². The van der Waals surface area contributed by atoms with Gasteiger partial charge in [0.1, 0.15) is 0 Å². The minimum atomic E-state index is -4.58. The van der Waals surface area contributed by atoms with Crippen molar-refractivity contribution >= 4 is 6.29 Å². The van der Waals surface area contributed by atoms with Crippen LogP contribution in [-0.4, -0.2) is 11.3 Å². The zero-order chi connectivity index (χ0) is 10.1. The van der Waals surface area contributed by atoms with E-state index < -0.39 is 17.8 Å². The van der Waals surface area contributed by atoms with Crippen LogP contribution in [-0.2, 0) is 12.6 Å². The average Bonchev–Trinajstić information content (AvgIpc) is 2.46. The molecule has 0 N–H and O–H groups in total. The molecule has 0 fully saturated rings. The minimum Gasteiger partial charge on any atom is -0.429 e. The monoisotopic (exact) mass is 193 g/mol. The zero-order valence-corrected chi connectivity index (χ0v) is 6.68. The molecule has 0 saturated carbocycles. The molecular formula is C7H6F3NO2. The summed E-state index contributed by atoms with van der Waals surface area (Å²) in [6.07, 6.45) is -4.36. The van der Waals surface area contributed by atoms with Crippen LogP contribution in [0, 0.1) is 0 Å². The molecule has 1 aromatic heterocycles. The van der Waals surface area contributed by atoms with Crippen molar-refractivity contribution in [3.63, 3.8) is 0 Å². The van der Waals surface area contributed by atoms with Gasteiger partial charge in [0.25, 0.3) is 5.89 Å². The number of carbonyl (C=O) groups is 1. The Labute approximate surface area is 71.6 Å². The third kappa shape index (κ3) is 1.88. The highest BCUT2D eigenvalue weighted by Gasteiger charge is 2.38. The largest absolute Gasteiger partial charge is 0.451 e. The number of alkyl halides is 3. The molecule has 0 saturated heterocycles. The first-order chi connectivity index (χ1) is 5.99. The van der Waals surface area contributed by atoms with Gasteiger partial charge in [0.05, 0.1) is 5.69 Å². The fourth-order valence-corrected chi connectivity index (χ4v) is 0.882. The Balaban J connectivity index is 3.19. The Morgan fingerprint density at radius 3 is 2.46 bits per heavy atom. The lowest BCUT2D eigenvalue weighted by Crippen LogP contribution is -2.06. The lowest BCUT2D eigenvalue weighted by molar-refractivity contribution is -0.153. The second kappa shape index (κ2) is 3.20. The molecule has 0 unspecified atom stereocenters. The first-order valence-electron chi connectivity index (χ1n) is 3.51. The molecule has 0 aliphatic rings. The molecule has 72 valence electrons. The third-order valence-corrected chi connectivity index (χ3v) is 1.41. The van der Waals surface area contributed by atoms with Crippen molar-refractivity contribution in [1.82, 2.24) is 4.98 Å². The van der Waals surface area contributed by atoms with Crippen molar-refractivity contribution < 1.29 is 22.4 Å². The fraction of sp³-hybridized carbons (Fsp3) is 0.429. The summed E-state index contributed by atoms with van der Waals surface area (Å²) >= 11 is 0. The van der Waals surface area contributed by atoms with E-state index in [2.05, 4.69) is 9.40 Å². The van der Waals surface area contributed by atoms with E-state index in [0.29, 0.717) is 0 Å². The Kier molecular flexibility index (Phi) is 2.40. The lowest BCUT2D eigenvalue weighted by Gasteiger charge is -2.01. The van der Waals surface area contributed by atoms with Gasteiger partial charge in [-0.05, 0) is 6.42 Å². The maximum Gasteiger partial charge on any atom is 0.451 e. The second-order valence-corrected chi connectivity index (χ2v) is 2.30. The van der Waals surface area contributed by atoms with Crippen molar-refractivity contribution in [2.24, 2.45) is 0 Å². The van der Waals surface area contributed by atoms with E-state index in [1.54, 1.807) is 0 Å². The SMILES string of the molecule is CCc1nc(C=O)oc1C(F)(F)F. The number of rotatable bonds is 2. The van der Waals surface area contributed by atoms with Gasteiger partial charge >= 0.3 is 6.18 Å². The van der Waals surface area contributed by atoms with Crippen LogP contribution in [0.25, 0.3) is 0 Å². The van der Waals surface area contributed by atoms with Gasteiger partial charge in [-0.1, -0.05) is 6.92 Å². The van der Waals surface area contributed by atoms with E-state index in [1.165, 1.54) is 6.92 Å². The summed E-state index contributed by atoms with van der Waals surface area (Å²) in [5.41, 5.74) is -0.241. The maximum absolute atomic E-state index is 12.1. The van der Waals surface area contributed by atoms with Gasteiger partial charge < -0.3 is 4.42 Å². The summed E-state index contributed by atoms with van der Waals surface area (Å²) in [6.45, 7) is 1.50. The molecule has 0 aromatic carbocycles. The molecule has 0 aliphatic heterocycles. The van der Waals surface area contributed by atoms with Gasteiger partial charge in [0, 0.05) is 0 Å². The van der Waals surface area contributed by atoms with Gasteiger partial charge in [0.15, 0.2) is 0 Å². The number of aryl methyl sites for hydroxylation is 1. The molecule has 13 heavy (non-hydrogen) atoms. The summed E-state index contributed by atoms with van der Waals surface area (Å²) in [5.74, 6) is -1.72. The summed E-state index contributed by atoms with van der Waals surface area (Å²) in [6, 6.07) is 0. The smallest absolute Gasteiger partial charge is 0.429 e. The summed E-state index contributed by atoms with van der Waals surface area (Å²) in [5, 5.41) is 0. The van der Waals surface area contributed by atoms with Crippen LogP contribution in [0.5, 0.6) is 0 Å². The van der Waals surface area contributed by atoms with Crippen LogP contribution in [0.15, 0.2) is 4.42 Å². The van der Waals surface area contributed by atoms with E-state index in [4.69, 9.17) is 0 Å². The van der Waals surface area contributed by atoms with Crippen LogP contribution in [0.2, 0.25) is 0 Å². The first-order valence-corrected chi connectivity index (χ1v) is 3.51. The van der Waals surface area contributed by atoms with Crippen LogP contribution in [0.3, 0.4) is 0 Å². The standard InChI is InChI=1S/C7H6F3NO2/c1-2-4-6(7(8,9)10)13-5(3-12)11-4/h3H,2H2,1H3. The number of hydrogen-bond acceptors (Lipinski definition) is 3. The van der Waals surface area contributed by atoms with E-state index in [9.17, 15) is 18.0 Å². The van der Waals surface area contributed by atoms with Gasteiger partial charge in [0.2, 0.25) is 12.0 Å². The summed E-state index contributed by atoms with van der Waals surface area (Å²) in [7, 11) is 0. The molecule has 0 amide bonds. The van der Waals surface area contributed by atoms with Gasteiger partial charge in [-0.25, -0.2) is 4.98 Å². The molecule has 1 rings (SSSR count). The molecule has 0 spiro atoms. The van der Waals surface area contributed by atoms with Crippen molar-refractivity contribution in [2.45, 2.75) is 19.5 Å². The molecule has 0 atom stereocenters. The van der Waals surface area contributed by atoms with E-state index in [1.807, 2.05) is 0 Å². The van der Waals surface area contributed by atoms with Gasteiger partial charge in [-0.15, -0.1) is 0 Å².